The van der Waals surface area contributed by atoms with E-state index in [4.69, 9.17) is 4.74 Å². The van der Waals surface area contributed by atoms with E-state index in [1.165, 1.54) is 0 Å². The largest absolute Gasteiger partial charge is 0.426 e. The Balaban J connectivity index is 2.91. The summed E-state index contributed by atoms with van der Waals surface area (Å²) in [5.41, 5.74) is 0.660. The molecule has 100 valence electrons. The first kappa shape index (κ1) is 14.7. The molecular weight excluding hydrogens is 224 g/mol. The maximum absolute atomic E-state index is 12.0. The third kappa shape index (κ3) is 4.52. The number of carbonyl (C=O) groups is 1. The van der Waals surface area contributed by atoms with Crippen molar-refractivity contribution in [3.63, 3.8) is 0 Å². The van der Waals surface area contributed by atoms with E-state index in [0.717, 1.165) is 18.4 Å². The van der Waals surface area contributed by atoms with Crippen molar-refractivity contribution in [1.82, 2.24) is 0 Å². The van der Waals surface area contributed by atoms with Crippen LogP contribution in [0.15, 0.2) is 35.6 Å². The molecule has 0 saturated carbocycles. The van der Waals surface area contributed by atoms with Gasteiger partial charge in [0.2, 0.25) is 0 Å². The SMILES string of the molecule is CC(C)/C=C1\CCC=CC=C1OC(=O)C(C)(C)C. The second-order valence-electron chi connectivity index (χ2n) is 6.07. The number of carbonyl (C=O) groups excluding carboxylic acids is 1. The Morgan fingerprint density at radius 1 is 1.39 bits per heavy atom. The van der Waals surface area contributed by atoms with Gasteiger partial charge >= 0.3 is 5.97 Å². The summed E-state index contributed by atoms with van der Waals surface area (Å²) in [6, 6.07) is 0. The number of ether oxygens (including phenoxy) is 1. The Kier molecular flexibility index (Phi) is 4.94. The summed E-state index contributed by atoms with van der Waals surface area (Å²) in [5, 5.41) is 0. The first-order valence-electron chi connectivity index (χ1n) is 6.61. The number of rotatable bonds is 2. The normalized spacial score (nSPS) is 18.8. The molecule has 0 atom stereocenters. The quantitative estimate of drug-likeness (QED) is 0.677. The number of allylic oxidation sites excluding steroid dienone is 5. The van der Waals surface area contributed by atoms with Gasteiger partial charge in [0.05, 0.1) is 5.41 Å². The zero-order valence-electron chi connectivity index (χ0n) is 12.1. The Morgan fingerprint density at radius 2 is 2.06 bits per heavy atom. The first-order chi connectivity index (χ1) is 8.30. The van der Waals surface area contributed by atoms with Crippen molar-refractivity contribution in [2.24, 2.45) is 11.3 Å². The molecule has 0 N–H and O–H groups in total. The molecule has 1 aliphatic rings. The van der Waals surface area contributed by atoms with Crippen molar-refractivity contribution >= 4 is 5.97 Å². The Hall–Kier alpha value is -1.31. The minimum Gasteiger partial charge on any atom is -0.426 e. The average molecular weight is 248 g/mol. The zero-order valence-corrected chi connectivity index (χ0v) is 12.1. The van der Waals surface area contributed by atoms with E-state index in [0.29, 0.717) is 11.7 Å². The van der Waals surface area contributed by atoms with Gasteiger partial charge in [0.1, 0.15) is 5.76 Å². The molecule has 0 aromatic rings. The summed E-state index contributed by atoms with van der Waals surface area (Å²) >= 11 is 0. The van der Waals surface area contributed by atoms with Crippen LogP contribution in [0.2, 0.25) is 0 Å². The predicted octanol–water partition coefficient (Wildman–Crippen LogP) is 4.39. The Labute approximate surface area is 110 Å². The van der Waals surface area contributed by atoms with Gasteiger partial charge in [-0.05, 0) is 51.2 Å². The molecule has 1 rings (SSSR count). The van der Waals surface area contributed by atoms with Crippen molar-refractivity contribution in [1.29, 1.82) is 0 Å². The van der Waals surface area contributed by atoms with Gasteiger partial charge in [-0.15, -0.1) is 0 Å². The van der Waals surface area contributed by atoms with Crippen molar-refractivity contribution in [3.05, 3.63) is 35.6 Å². The Morgan fingerprint density at radius 3 is 2.61 bits per heavy atom. The highest BCUT2D eigenvalue weighted by molar-refractivity contribution is 5.77. The molecule has 0 aromatic carbocycles. The summed E-state index contributed by atoms with van der Waals surface area (Å²) in [6.07, 6.45) is 10.1. The zero-order chi connectivity index (χ0) is 13.8. The number of hydrogen-bond donors (Lipinski definition) is 0. The molecule has 2 heteroatoms. The summed E-state index contributed by atoms with van der Waals surface area (Å²) < 4.78 is 5.55. The van der Waals surface area contributed by atoms with Crippen molar-refractivity contribution in [3.8, 4) is 0 Å². The maximum Gasteiger partial charge on any atom is 0.316 e. The van der Waals surface area contributed by atoms with Crippen LogP contribution in [0.5, 0.6) is 0 Å². The molecule has 0 bridgehead atoms. The molecule has 0 amide bonds. The van der Waals surface area contributed by atoms with Gasteiger partial charge in [0.15, 0.2) is 0 Å². The molecule has 0 unspecified atom stereocenters. The van der Waals surface area contributed by atoms with E-state index < -0.39 is 5.41 Å². The molecule has 0 spiro atoms. The lowest BCUT2D eigenvalue weighted by molar-refractivity contribution is -0.148. The smallest absolute Gasteiger partial charge is 0.316 e. The van der Waals surface area contributed by atoms with Crippen molar-refractivity contribution < 1.29 is 9.53 Å². The summed E-state index contributed by atoms with van der Waals surface area (Å²) in [6.45, 7) is 9.87. The van der Waals surface area contributed by atoms with Crippen LogP contribution in [-0.4, -0.2) is 5.97 Å². The molecule has 1 aliphatic carbocycles. The predicted molar refractivity (Wildman–Crippen MR) is 74.9 cm³/mol. The van der Waals surface area contributed by atoms with Crippen LogP contribution < -0.4 is 0 Å². The van der Waals surface area contributed by atoms with Gasteiger partial charge in [0.25, 0.3) is 0 Å². The van der Waals surface area contributed by atoms with Gasteiger partial charge < -0.3 is 4.74 Å². The Bertz CT molecular complexity index is 390. The molecule has 18 heavy (non-hydrogen) atoms. The van der Waals surface area contributed by atoms with Gasteiger partial charge in [-0.1, -0.05) is 32.1 Å². The minimum absolute atomic E-state index is 0.182. The molecular formula is C16H24O2. The van der Waals surface area contributed by atoms with Crippen molar-refractivity contribution in [2.75, 3.05) is 0 Å². The fourth-order valence-corrected chi connectivity index (χ4v) is 1.64. The highest BCUT2D eigenvalue weighted by Crippen LogP contribution is 2.26. The van der Waals surface area contributed by atoms with Gasteiger partial charge in [-0.3, -0.25) is 4.79 Å². The monoisotopic (exact) mass is 248 g/mol. The number of esters is 1. The molecule has 0 fully saturated rings. The third-order valence-corrected chi connectivity index (χ3v) is 2.63. The van der Waals surface area contributed by atoms with Crippen molar-refractivity contribution in [2.45, 2.75) is 47.5 Å². The fraction of sp³-hybridized carbons (Fsp3) is 0.562. The minimum atomic E-state index is -0.472. The summed E-state index contributed by atoms with van der Waals surface area (Å²) in [4.78, 5) is 12.0. The third-order valence-electron chi connectivity index (χ3n) is 2.63. The molecule has 0 aromatic heterocycles. The second-order valence-corrected chi connectivity index (χ2v) is 6.07. The lowest BCUT2D eigenvalue weighted by Gasteiger charge is -2.19. The second kappa shape index (κ2) is 6.03. The van der Waals surface area contributed by atoms with E-state index >= 15 is 0 Å². The van der Waals surface area contributed by atoms with Gasteiger partial charge in [-0.2, -0.15) is 0 Å². The average Bonchev–Trinajstić information content (AvgIpc) is 2.42. The molecule has 0 radical (unpaired) electrons. The van der Waals surface area contributed by atoms with Crippen LogP contribution in [0, 0.1) is 11.3 Å². The summed E-state index contributed by atoms with van der Waals surface area (Å²) in [7, 11) is 0. The van der Waals surface area contributed by atoms with E-state index in [2.05, 4.69) is 26.0 Å². The highest BCUT2D eigenvalue weighted by Gasteiger charge is 2.25. The lowest BCUT2D eigenvalue weighted by Crippen LogP contribution is -2.23. The van der Waals surface area contributed by atoms with Crippen LogP contribution >= 0.6 is 0 Å². The van der Waals surface area contributed by atoms with E-state index in [1.54, 1.807) is 0 Å². The lowest BCUT2D eigenvalue weighted by atomic mass is 9.97. The van der Waals surface area contributed by atoms with E-state index in [1.807, 2.05) is 32.9 Å². The van der Waals surface area contributed by atoms with Crippen LogP contribution in [-0.2, 0) is 9.53 Å². The summed E-state index contributed by atoms with van der Waals surface area (Å²) in [5.74, 6) is 0.978. The topological polar surface area (TPSA) is 26.3 Å². The van der Waals surface area contributed by atoms with Crippen LogP contribution in [0.25, 0.3) is 0 Å². The van der Waals surface area contributed by atoms with Gasteiger partial charge in [-0.25, -0.2) is 0 Å². The standard InChI is InChI=1S/C16H24O2/c1-12(2)11-13-9-7-6-8-10-14(13)18-15(17)16(3,4)5/h6,8,10-12H,7,9H2,1-5H3/b13-11+. The first-order valence-corrected chi connectivity index (χ1v) is 6.61. The van der Waals surface area contributed by atoms with Crippen LogP contribution in [0.3, 0.4) is 0 Å². The van der Waals surface area contributed by atoms with Gasteiger partial charge in [0, 0.05) is 0 Å². The van der Waals surface area contributed by atoms with Crippen LogP contribution in [0.1, 0.15) is 47.5 Å². The molecule has 0 saturated heterocycles. The number of hydrogen-bond acceptors (Lipinski definition) is 2. The van der Waals surface area contributed by atoms with E-state index in [-0.39, 0.29) is 5.97 Å². The molecule has 2 nitrogen and oxygen atoms in total. The van der Waals surface area contributed by atoms with Crippen LogP contribution in [0.4, 0.5) is 0 Å². The molecule has 0 aliphatic heterocycles. The fourth-order valence-electron chi connectivity index (χ4n) is 1.64. The van der Waals surface area contributed by atoms with E-state index in [9.17, 15) is 4.79 Å². The molecule has 0 heterocycles. The maximum atomic E-state index is 12.0. The highest BCUT2D eigenvalue weighted by atomic mass is 16.5.